The zero-order valence-electron chi connectivity index (χ0n) is 9.98. The summed E-state index contributed by atoms with van der Waals surface area (Å²) < 4.78 is 7.68. The summed E-state index contributed by atoms with van der Waals surface area (Å²) in [4.78, 5) is 4.06. The Morgan fingerprint density at radius 1 is 1.62 bits per heavy atom. The van der Waals surface area contributed by atoms with Crippen LogP contribution >= 0.6 is 0 Å². The number of ether oxygens (including phenoxy) is 1. The molecule has 0 bridgehead atoms. The number of rotatable bonds is 5. The fourth-order valence-corrected chi connectivity index (χ4v) is 2.12. The first-order valence-electron chi connectivity index (χ1n) is 6.10. The van der Waals surface area contributed by atoms with E-state index in [-0.39, 0.29) is 0 Å². The highest BCUT2D eigenvalue weighted by Crippen LogP contribution is 2.14. The van der Waals surface area contributed by atoms with Crippen LogP contribution < -0.4 is 5.32 Å². The molecule has 1 aromatic heterocycles. The van der Waals surface area contributed by atoms with Crippen molar-refractivity contribution in [2.24, 2.45) is 13.0 Å². The second-order valence-electron chi connectivity index (χ2n) is 4.55. The van der Waals surface area contributed by atoms with Gasteiger partial charge in [0.15, 0.2) is 0 Å². The van der Waals surface area contributed by atoms with Gasteiger partial charge in [0.25, 0.3) is 0 Å². The van der Waals surface area contributed by atoms with Crippen LogP contribution in [0.4, 0.5) is 0 Å². The zero-order chi connectivity index (χ0) is 11.2. The second-order valence-corrected chi connectivity index (χ2v) is 4.55. The number of aryl methyl sites for hydroxylation is 1. The lowest BCUT2D eigenvalue weighted by atomic mass is 9.97. The van der Waals surface area contributed by atoms with Gasteiger partial charge in [0, 0.05) is 13.7 Å². The Morgan fingerprint density at radius 3 is 3.25 bits per heavy atom. The van der Waals surface area contributed by atoms with E-state index in [0.717, 1.165) is 24.8 Å². The molecule has 1 aliphatic heterocycles. The molecule has 2 rings (SSSR count). The van der Waals surface area contributed by atoms with Crippen molar-refractivity contribution >= 4 is 0 Å². The van der Waals surface area contributed by atoms with Crippen molar-refractivity contribution in [3.63, 3.8) is 0 Å². The van der Waals surface area contributed by atoms with E-state index in [1.54, 1.807) is 0 Å². The van der Waals surface area contributed by atoms with E-state index < -0.39 is 0 Å². The molecule has 1 atom stereocenters. The first-order chi connectivity index (χ1) is 7.86. The average molecular weight is 223 g/mol. The lowest BCUT2D eigenvalue weighted by Crippen LogP contribution is -2.30. The molecule has 4 heteroatoms. The van der Waals surface area contributed by atoms with Gasteiger partial charge in [-0.25, -0.2) is 4.98 Å². The van der Waals surface area contributed by atoms with Crippen LogP contribution in [-0.2, 0) is 18.4 Å². The van der Waals surface area contributed by atoms with Crippen molar-refractivity contribution in [2.75, 3.05) is 19.7 Å². The zero-order valence-corrected chi connectivity index (χ0v) is 9.98. The number of aromatic nitrogens is 2. The molecule has 16 heavy (non-hydrogen) atoms. The fourth-order valence-electron chi connectivity index (χ4n) is 2.12. The summed E-state index contributed by atoms with van der Waals surface area (Å²) in [5, 5.41) is 3.43. The van der Waals surface area contributed by atoms with Crippen molar-refractivity contribution in [1.82, 2.24) is 14.9 Å². The molecule has 1 saturated heterocycles. The normalized spacial score (nSPS) is 21.2. The Labute approximate surface area is 97.0 Å². The Hall–Kier alpha value is -0.870. The van der Waals surface area contributed by atoms with Crippen LogP contribution in [-0.4, -0.2) is 29.2 Å². The number of hydrogen-bond donors (Lipinski definition) is 1. The fraction of sp³-hybridized carbons (Fsp3) is 0.750. The Kier molecular flexibility index (Phi) is 4.36. The maximum atomic E-state index is 5.67. The van der Waals surface area contributed by atoms with Gasteiger partial charge in [0.1, 0.15) is 0 Å². The average Bonchev–Trinajstić information content (AvgIpc) is 2.72. The van der Waals surface area contributed by atoms with Crippen LogP contribution in [0.25, 0.3) is 0 Å². The van der Waals surface area contributed by atoms with E-state index in [1.807, 2.05) is 24.1 Å². The lowest BCUT2D eigenvalue weighted by molar-refractivity contribution is 0.0995. The van der Waals surface area contributed by atoms with Crippen LogP contribution in [0.3, 0.4) is 0 Å². The minimum atomic E-state index is 0.677. The Balaban J connectivity index is 1.59. The van der Waals surface area contributed by atoms with E-state index in [4.69, 9.17) is 4.74 Å². The summed E-state index contributed by atoms with van der Waals surface area (Å²) >= 11 is 0. The first-order valence-corrected chi connectivity index (χ1v) is 6.10. The predicted octanol–water partition coefficient (Wildman–Crippen LogP) is 1.33. The third-order valence-corrected chi connectivity index (χ3v) is 3.24. The number of nitrogens with zero attached hydrogens (tertiary/aromatic N) is 2. The number of imidazole rings is 1. The summed E-state index contributed by atoms with van der Waals surface area (Å²) in [5.74, 6) is 0.806. The highest BCUT2D eigenvalue weighted by atomic mass is 16.5. The maximum absolute atomic E-state index is 5.67. The molecule has 90 valence electrons. The lowest BCUT2D eigenvalue weighted by Gasteiger charge is -2.22. The SMILES string of the molecule is Cn1cncc1COCCC1CCCNC1. The molecule has 4 nitrogen and oxygen atoms in total. The topological polar surface area (TPSA) is 39.1 Å². The van der Waals surface area contributed by atoms with Gasteiger partial charge < -0.3 is 14.6 Å². The number of piperidine rings is 1. The van der Waals surface area contributed by atoms with Crippen molar-refractivity contribution in [3.05, 3.63) is 18.2 Å². The van der Waals surface area contributed by atoms with Gasteiger partial charge in [0.05, 0.1) is 24.8 Å². The van der Waals surface area contributed by atoms with Crippen molar-refractivity contribution < 1.29 is 4.74 Å². The molecule has 0 saturated carbocycles. The maximum Gasteiger partial charge on any atom is 0.0946 e. The summed E-state index contributed by atoms with van der Waals surface area (Å²) in [6.45, 7) is 3.88. The smallest absolute Gasteiger partial charge is 0.0946 e. The second kappa shape index (κ2) is 6.01. The van der Waals surface area contributed by atoms with Gasteiger partial charge in [-0.3, -0.25) is 0 Å². The van der Waals surface area contributed by atoms with Gasteiger partial charge in [0.2, 0.25) is 0 Å². The van der Waals surface area contributed by atoms with E-state index in [2.05, 4.69) is 10.3 Å². The molecule has 1 unspecified atom stereocenters. The van der Waals surface area contributed by atoms with Crippen LogP contribution in [0.1, 0.15) is 25.0 Å². The molecule has 0 spiro atoms. The van der Waals surface area contributed by atoms with E-state index >= 15 is 0 Å². The van der Waals surface area contributed by atoms with Gasteiger partial charge in [-0.15, -0.1) is 0 Å². The largest absolute Gasteiger partial charge is 0.375 e. The van der Waals surface area contributed by atoms with E-state index in [9.17, 15) is 0 Å². The van der Waals surface area contributed by atoms with Gasteiger partial charge >= 0.3 is 0 Å². The van der Waals surface area contributed by atoms with Crippen molar-refractivity contribution in [1.29, 1.82) is 0 Å². The standard InChI is InChI=1S/C12H21N3O/c1-15-10-14-8-12(15)9-16-6-4-11-3-2-5-13-7-11/h8,10-11,13H,2-7,9H2,1H3. The molecule has 1 N–H and O–H groups in total. The highest BCUT2D eigenvalue weighted by Gasteiger charge is 2.12. The molecule has 1 aromatic rings. The molecule has 0 aromatic carbocycles. The Morgan fingerprint density at radius 2 is 2.56 bits per heavy atom. The van der Waals surface area contributed by atoms with Crippen LogP contribution in [0, 0.1) is 5.92 Å². The monoisotopic (exact) mass is 223 g/mol. The highest BCUT2D eigenvalue weighted by molar-refractivity contribution is 4.94. The summed E-state index contributed by atoms with van der Waals surface area (Å²) in [5.41, 5.74) is 1.14. The molecule has 2 heterocycles. The van der Waals surface area contributed by atoms with E-state index in [0.29, 0.717) is 6.61 Å². The third-order valence-electron chi connectivity index (χ3n) is 3.24. The number of hydrogen-bond acceptors (Lipinski definition) is 3. The minimum Gasteiger partial charge on any atom is -0.375 e. The summed E-state index contributed by atoms with van der Waals surface area (Å²) in [6, 6.07) is 0. The molecule has 1 fully saturated rings. The van der Waals surface area contributed by atoms with Gasteiger partial charge in [-0.05, 0) is 38.3 Å². The third kappa shape index (κ3) is 3.32. The molecular weight excluding hydrogens is 202 g/mol. The molecule has 0 amide bonds. The van der Waals surface area contributed by atoms with Crippen LogP contribution in [0.15, 0.2) is 12.5 Å². The molecular formula is C12H21N3O. The van der Waals surface area contributed by atoms with E-state index in [1.165, 1.54) is 25.8 Å². The summed E-state index contributed by atoms with van der Waals surface area (Å²) in [7, 11) is 2.00. The number of nitrogens with one attached hydrogen (secondary N) is 1. The van der Waals surface area contributed by atoms with Gasteiger partial charge in [-0.2, -0.15) is 0 Å². The summed E-state index contributed by atoms with van der Waals surface area (Å²) in [6.07, 6.45) is 7.51. The predicted molar refractivity (Wildman–Crippen MR) is 63.1 cm³/mol. The van der Waals surface area contributed by atoms with Crippen LogP contribution in [0.5, 0.6) is 0 Å². The van der Waals surface area contributed by atoms with Crippen molar-refractivity contribution in [3.8, 4) is 0 Å². The minimum absolute atomic E-state index is 0.677. The first kappa shape index (κ1) is 11.6. The van der Waals surface area contributed by atoms with Gasteiger partial charge in [-0.1, -0.05) is 0 Å². The van der Waals surface area contributed by atoms with Crippen molar-refractivity contribution in [2.45, 2.75) is 25.9 Å². The molecule has 0 radical (unpaired) electrons. The quantitative estimate of drug-likeness (QED) is 0.765. The molecule has 1 aliphatic rings. The Bertz CT molecular complexity index is 305. The molecule has 0 aliphatic carbocycles. The van der Waals surface area contributed by atoms with Crippen LogP contribution in [0.2, 0.25) is 0 Å².